The molecule has 1 aliphatic rings. The van der Waals surface area contributed by atoms with Crippen LogP contribution in [0.1, 0.15) is 60.3 Å². The van der Waals surface area contributed by atoms with E-state index in [-0.39, 0.29) is 12.3 Å². The lowest BCUT2D eigenvalue weighted by atomic mass is 9.77. The predicted octanol–water partition coefficient (Wildman–Crippen LogP) is 2.28. The van der Waals surface area contributed by atoms with E-state index in [2.05, 4.69) is 10.2 Å². The van der Waals surface area contributed by atoms with Gasteiger partial charge >= 0.3 is 5.97 Å². The van der Waals surface area contributed by atoms with E-state index in [0.717, 1.165) is 37.8 Å². The van der Waals surface area contributed by atoms with Crippen LogP contribution in [-0.4, -0.2) is 44.7 Å². The highest BCUT2D eigenvalue weighted by Crippen LogP contribution is 2.37. The number of carbonyl (C=O) groups excluding carboxylic acids is 1. The second-order valence-electron chi connectivity index (χ2n) is 6.03. The van der Waals surface area contributed by atoms with E-state index in [1.54, 1.807) is 18.9 Å². The first kappa shape index (κ1) is 15.5. The first-order valence-electron chi connectivity index (χ1n) is 7.39. The maximum atomic E-state index is 12.8. The van der Waals surface area contributed by atoms with Crippen LogP contribution in [0.3, 0.4) is 0 Å². The molecule has 1 aromatic rings. The van der Waals surface area contributed by atoms with Gasteiger partial charge in [0.2, 0.25) is 0 Å². The van der Waals surface area contributed by atoms with Crippen LogP contribution in [-0.2, 0) is 4.79 Å². The fourth-order valence-electron chi connectivity index (χ4n) is 3.37. The van der Waals surface area contributed by atoms with Crippen molar-refractivity contribution < 1.29 is 14.7 Å². The molecule has 6 nitrogen and oxygen atoms in total. The number of H-pyrrole nitrogens is 1. The number of hydrogen-bond donors (Lipinski definition) is 2. The lowest BCUT2D eigenvalue weighted by Crippen LogP contribution is -2.52. The summed E-state index contributed by atoms with van der Waals surface area (Å²) in [5, 5.41) is 16.1. The van der Waals surface area contributed by atoms with Gasteiger partial charge in [-0.2, -0.15) is 5.10 Å². The number of carboxylic acid groups (broad SMARTS) is 1. The number of hydrogen-bond acceptors (Lipinski definition) is 3. The summed E-state index contributed by atoms with van der Waals surface area (Å²) in [4.78, 5) is 25.7. The second-order valence-corrected chi connectivity index (χ2v) is 6.03. The zero-order valence-corrected chi connectivity index (χ0v) is 12.9. The molecule has 1 heterocycles. The summed E-state index contributed by atoms with van der Waals surface area (Å²) in [5.41, 5.74) is 1.38. The molecule has 2 rings (SSSR count). The third-order valence-electron chi connectivity index (χ3n) is 4.62. The highest BCUT2D eigenvalue weighted by molar-refractivity contribution is 5.97. The van der Waals surface area contributed by atoms with Gasteiger partial charge in [-0.05, 0) is 26.7 Å². The smallest absolute Gasteiger partial charge is 0.305 e. The monoisotopic (exact) mass is 293 g/mol. The molecule has 1 aliphatic carbocycles. The molecule has 1 saturated carbocycles. The number of nitrogens with zero attached hydrogens (tertiary/aromatic N) is 2. The van der Waals surface area contributed by atoms with Gasteiger partial charge in [0.1, 0.15) is 0 Å². The molecule has 0 aromatic carbocycles. The van der Waals surface area contributed by atoms with Crippen molar-refractivity contribution >= 4 is 11.9 Å². The first-order chi connectivity index (χ1) is 9.87. The topological polar surface area (TPSA) is 86.3 Å². The van der Waals surface area contributed by atoms with Gasteiger partial charge in [-0.25, -0.2) is 0 Å². The highest BCUT2D eigenvalue weighted by Gasteiger charge is 2.41. The van der Waals surface area contributed by atoms with Gasteiger partial charge in [-0.15, -0.1) is 0 Å². The Balaban J connectivity index is 2.31. The number of carbonyl (C=O) groups is 2. The molecule has 1 aromatic heterocycles. The maximum Gasteiger partial charge on any atom is 0.305 e. The number of aryl methyl sites for hydroxylation is 2. The summed E-state index contributed by atoms with van der Waals surface area (Å²) in [6.45, 7) is 3.60. The number of aromatic amines is 1. The van der Waals surface area contributed by atoms with Gasteiger partial charge in [0.25, 0.3) is 5.91 Å². The quantitative estimate of drug-likeness (QED) is 0.891. The standard InChI is InChI=1S/C15H23N3O3/c1-10-13(11(2)17-16-10)14(21)18(3)15(9-12(19)20)7-5-4-6-8-15/h4-9H2,1-3H3,(H,16,17)(H,19,20). The van der Waals surface area contributed by atoms with Crippen LogP contribution >= 0.6 is 0 Å². The number of aliphatic carboxylic acids is 1. The van der Waals surface area contributed by atoms with Crippen LogP contribution < -0.4 is 0 Å². The van der Waals surface area contributed by atoms with Crippen molar-refractivity contribution in [2.24, 2.45) is 0 Å². The van der Waals surface area contributed by atoms with E-state index in [4.69, 9.17) is 0 Å². The van der Waals surface area contributed by atoms with Crippen molar-refractivity contribution in [1.29, 1.82) is 0 Å². The van der Waals surface area contributed by atoms with Crippen molar-refractivity contribution in [1.82, 2.24) is 15.1 Å². The molecule has 1 amide bonds. The summed E-state index contributed by atoms with van der Waals surface area (Å²) >= 11 is 0. The maximum absolute atomic E-state index is 12.8. The predicted molar refractivity (Wildman–Crippen MR) is 78.2 cm³/mol. The van der Waals surface area contributed by atoms with Crippen LogP contribution in [0.15, 0.2) is 0 Å². The fraction of sp³-hybridized carbons (Fsp3) is 0.667. The number of rotatable bonds is 4. The van der Waals surface area contributed by atoms with Crippen molar-refractivity contribution in [3.05, 3.63) is 17.0 Å². The molecular formula is C15H23N3O3. The van der Waals surface area contributed by atoms with E-state index in [1.165, 1.54) is 0 Å². The molecule has 2 N–H and O–H groups in total. The lowest BCUT2D eigenvalue weighted by molar-refractivity contribution is -0.140. The van der Waals surface area contributed by atoms with Gasteiger partial charge in [-0.1, -0.05) is 19.3 Å². The van der Waals surface area contributed by atoms with E-state index in [0.29, 0.717) is 11.3 Å². The number of carboxylic acids is 1. The van der Waals surface area contributed by atoms with Crippen molar-refractivity contribution in [3.63, 3.8) is 0 Å². The summed E-state index contributed by atoms with van der Waals surface area (Å²) in [6, 6.07) is 0. The van der Waals surface area contributed by atoms with E-state index >= 15 is 0 Å². The summed E-state index contributed by atoms with van der Waals surface area (Å²) in [7, 11) is 1.72. The molecule has 116 valence electrons. The minimum atomic E-state index is -0.850. The summed E-state index contributed by atoms with van der Waals surface area (Å²) in [5.74, 6) is -0.987. The van der Waals surface area contributed by atoms with Gasteiger partial charge in [-0.3, -0.25) is 14.7 Å². The van der Waals surface area contributed by atoms with E-state index in [9.17, 15) is 14.7 Å². The molecule has 0 unspecified atom stereocenters. The average Bonchev–Trinajstić information content (AvgIpc) is 2.77. The average molecular weight is 293 g/mol. The van der Waals surface area contributed by atoms with Crippen molar-refractivity contribution in [2.45, 2.75) is 57.9 Å². The Bertz CT molecular complexity index is 525. The molecule has 21 heavy (non-hydrogen) atoms. The van der Waals surface area contributed by atoms with Crippen molar-refractivity contribution in [2.75, 3.05) is 7.05 Å². The minimum Gasteiger partial charge on any atom is -0.481 e. The first-order valence-corrected chi connectivity index (χ1v) is 7.39. The Morgan fingerprint density at radius 3 is 2.38 bits per heavy atom. The number of aromatic nitrogens is 2. The van der Waals surface area contributed by atoms with E-state index < -0.39 is 11.5 Å². The van der Waals surface area contributed by atoms with Crippen LogP contribution in [0.2, 0.25) is 0 Å². The molecule has 0 atom stereocenters. The molecule has 0 aliphatic heterocycles. The minimum absolute atomic E-state index is 0.00515. The molecule has 0 saturated heterocycles. The largest absolute Gasteiger partial charge is 0.481 e. The zero-order chi connectivity index (χ0) is 15.6. The summed E-state index contributed by atoms with van der Waals surface area (Å²) < 4.78 is 0. The van der Waals surface area contributed by atoms with Crippen LogP contribution in [0, 0.1) is 13.8 Å². The van der Waals surface area contributed by atoms with Crippen LogP contribution in [0.5, 0.6) is 0 Å². The lowest BCUT2D eigenvalue weighted by Gasteiger charge is -2.44. The van der Waals surface area contributed by atoms with Crippen LogP contribution in [0.25, 0.3) is 0 Å². The van der Waals surface area contributed by atoms with Gasteiger partial charge in [0.05, 0.1) is 23.2 Å². The Morgan fingerprint density at radius 2 is 1.90 bits per heavy atom. The van der Waals surface area contributed by atoms with Crippen LogP contribution in [0.4, 0.5) is 0 Å². The molecule has 0 bridgehead atoms. The Labute approximate surface area is 124 Å². The van der Waals surface area contributed by atoms with Crippen molar-refractivity contribution in [3.8, 4) is 0 Å². The third kappa shape index (κ3) is 2.94. The molecular weight excluding hydrogens is 270 g/mol. The zero-order valence-electron chi connectivity index (χ0n) is 12.9. The number of nitrogens with one attached hydrogen (secondary N) is 1. The molecule has 6 heteroatoms. The highest BCUT2D eigenvalue weighted by atomic mass is 16.4. The Kier molecular flexibility index (Phi) is 4.34. The van der Waals surface area contributed by atoms with Gasteiger partial charge in [0.15, 0.2) is 0 Å². The second kappa shape index (κ2) is 5.87. The molecule has 0 spiro atoms. The summed E-state index contributed by atoms with van der Waals surface area (Å²) in [6.07, 6.45) is 4.54. The number of amides is 1. The molecule has 1 fully saturated rings. The van der Waals surface area contributed by atoms with Gasteiger partial charge < -0.3 is 10.0 Å². The third-order valence-corrected chi connectivity index (χ3v) is 4.62. The SMILES string of the molecule is Cc1n[nH]c(C)c1C(=O)N(C)C1(CC(=O)O)CCCCC1. The fourth-order valence-corrected chi connectivity index (χ4v) is 3.37. The Morgan fingerprint density at radius 1 is 1.29 bits per heavy atom. The Hall–Kier alpha value is -1.85. The van der Waals surface area contributed by atoms with Gasteiger partial charge in [0, 0.05) is 12.7 Å². The molecule has 0 radical (unpaired) electrons. The normalized spacial score (nSPS) is 17.5. The van der Waals surface area contributed by atoms with E-state index in [1.807, 2.05) is 6.92 Å².